The summed E-state index contributed by atoms with van der Waals surface area (Å²) in [5, 5.41) is 18.7. The molecule has 0 saturated heterocycles. The van der Waals surface area contributed by atoms with Crippen LogP contribution in [0.3, 0.4) is 0 Å². The predicted molar refractivity (Wildman–Crippen MR) is 62.3 cm³/mol. The molecule has 0 aliphatic carbocycles. The molecule has 2 atom stereocenters. The Bertz CT molecular complexity index is 385. The Labute approximate surface area is 95.7 Å². The van der Waals surface area contributed by atoms with Crippen molar-refractivity contribution in [2.45, 2.75) is 33.3 Å². The Morgan fingerprint density at radius 1 is 1.31 bits per heavy atom. The van der Waals surface area contributed by atoms with Crippen LogP contribution in [0.15, 0.2) is 18.2 Å². The van der Waals surface area contributed by atoms with Gasteiger partial charge in [-0.1, -0.05) is 25.1 Å². The largest absolute Gasteiger partial charge is 0.481 e. The van der Waals surface area contributed by atoms with Crippen LogP contribution in [-0.2, 0) is 4.79 Å². The minimum absolute atomic E-state index is 0.248. The molecule has 0 amide bonds. The van der Waals surface area contributed by atoms with Gasteiger partial charge in [0, 0.05) is 0 Å². The summed E-state index contributed by atoms with van der Waals surface area (Å²) in [4.78, 5) is 10.7. The zero-order valence-electron chi connectivity index (χ0n) is 9.90. The smallest absolute Gasteiger partial charge is 0.306 e. The number of benzene rings is 1. The lowest BCUT2D eigenvalue weighted by Gasteiger charge is -2.14. The number of hydrogen-bond donors (Lipinski definition) is 2. The summed E-state index contributed by atoms with van der Waals surface area (Å²) in [6.45, 7) is 5.59. The Balaban J connectivity index is 2.76. The van der Waals surface area contributed by atoms with Crippen LogP contribution in [0.25, 0.3) is 0 Å². The summed E-state index contributed by atoms with van der Waals surface area (Å²) < 4.78 is 0. The zero-order valence-corrected chi connectivity index (χ0v) is 9.90. The van der Waals surface area contributed by atoms with Crippen LogP contribution in [0.5, 0.6) is 0 Å². The maximum atomic E-state index is 10.7. The van der Waals surface area contributed by atoms with Gasteiger partial charge < -0.3 is 10.2 Å². The van der Waals surface area contributed by atoms with E-state index in [1.54, 1.807) is 6.92 Å². The van der Waals surface area contributed by atoms with E-state index in [9.17, 15) is 9.90 Å². The molecule has 0 saturated carbocycles. The van der Waals surface area contributed by atoms with Crippen molar-refractivity contribution in [3.05, 3.63) is 34.9 Å². The highest BCUT2D eigenvalue weighted by Gasteiger charge is 2.17. The molecular weight excluding hydrogens is 204 g/mol. The average molecular weight is 222 g/mol. The molecular formula is C13H18O3. The third-order valence-corrected chi connectivity index (χ3v) is 2.91. The fraction of sp³-hybridized carbons (Fsp3) is 0.462. The number of aliphatic hydroxyl groups excluding tert-OH is 1. The minimum atomic E-state index is -0.872. The molecule has 0 aliphatic heterocycles. The summed E-state index contributed by atoms with van der Waals surface area (Å²) in [7, 11) is 0. The Morgan fingerprint density at radius 3 is 2.44 bits per heavy atom. The first-order valence-corrected chi connectivity index (χ1v) is 5.40. The maximum absolute atomic E-state index is 10.7. The van der Waals surface area contributed by atoms with Crippen LogP contribution in [0.2, 0.25) is 0 Å². The molecule has 2 unspecified atom stereocenters. The van der Waals surface area contributed by atoms with Crippen molar-refractivity contribution >= 4 is 5.97 Å². The van der Waals surface area contributed by atoms with E-state index in [0.717, 1.165) is 11.1 Å². The molecule has 1 aromatic rings. The molecule has 0 aromatic heterocycles. The van der Waals surface area contributed by atoms with Crippen LogP contribution in [0, 0.1) is 19.8 Å². The lowest BCUT2D eigenvalue weighted by atomic mass is 9.96. The minimum Gasteiger partial charge on any atom is -0.481 e. The van der Waals surface area contributed by atoms with Gasteiger partial charge in [0.05, 0.1) is 12.0 Å². The summed E-state index contributed by atoms with van der Waals surface area (Å²) in [5.74, 6) is -1.40. The number of carboxylic acid groups (broad SMARTS) is 1. The van der Waals surface area contributed by atoms with Gasteiger partial charge in [-0.2, -0.15) is 0 Å². The molecule has 3 heteroatoms. The van der Waals surface area contributed by atoms with Gasteiger partial charge in [0.25, 0.3) is 0 Å². The van der Waals surface area contributed by atoms with Crippen LogP contribution in [-0.4, -0.2) is 16.2 Å². The highest BCUT2D eigenvalue weighted by Crippen LogP contribution is 2.23. The highest BCUT2D eigenvalue weighted by molar-refractivity contribution is 5.69. The van der Waals surface area contributed by atoms with E-state index >= 15 is 0 Å². The predicted octanol–water partition coefficient (Wildman–Crippen LogP) is 2.45. The SMILES string of the molecule is Cc1ccc(C(O)CC(C)C(=O)O)cc1C. The van der Waals surface area contributed by atoms with E-state index in [-0.39, 0.29) is 6.42 Å². The number of aryl methyl sites for hydroxylation is 2. The standard InChI is InChI=1S/C13H18O3/c1-8-4-5-11(6-9(8)2)12(14)7-10(3)13(15)16/h4-6,10,12,14H,7H2,1-3H3,(H,15,16). The molecule has 0 fully saturated rings. The van der Waals surface area contributed by atoms with E-state index in [4.69, 9.17) is 5.11 Å². The molecule has 0 radical (unpaired) electrons. The second-order valence-electron chi connectivity index (χ2n) is 4.33. The second kappa shape index (κ2) is 5.12. The number of hydrogen-bond acceptors (Lipinski definition) is 2. The highest BCUT2D eigenvalue weighted by atomic mass is 16.4. The van der Waals surface area contributed by atoms with Gasteiger partial charge in [-0.05, 0) is 37.0 Å². The topological polar surface area (TPSA) is 57.5 Å². The van der Waals surface area contributed by atoms with Gasteiger partial charge in [0.2, 0.25) is 0 Å². The summed E-state index contributed by atoms with van der Waals surface area (Å²) >= 11 is 0. The van der Waals surface area contributed by atoms with Crippen molar-refractivity contribution in [3.63, 3.8) is 0 Å². The van der Waals surface area contributed by atoms with Gasteiger partial charge in [0.1, 0.15) is 0 Å². The molecule has 1 rings (SSSR count). The monoisotopic (exact) mass is 222 g/mol. The molecule has 3 nitrogen and oxygen atoms in total. The van der Waals surface area contributed by atoms with Gasteiger partial charge >= 0.3 is 5.97 Å². The summed E-state index contributed by atoms with van der Waals surface area (Å²) in [5.41, 5.74) is 3.07. The van der Waals surface area contributed by atoms with Crippen LogP contribution < -0.4 is 0 Å². The zero-order chi connectivity index (χ0) is 12.3. The molecule has 2 N–H and O–H groups in total. The lowest BCUT2D eigenvalue weighted by Crippen LogP contribution is -2.13. The fourth-order valence-electron chi connectivity index (χ4n) is 1.54. The lowest BCUT2D eigenvalue weighted by molar-refractivity contribution is -0.142. The number of aliphatic carboxylic acids is 1. The van der Waals surface area contributed by atoms with Gasteiger partial charge in [-0.15, -0.1) is 0 Å². The van der Waals surface area contributed by atoms with E-state index in [0.29, 0.717) is 0 Å². The van der Waals surface area contributed by atoms with E-state index in [2.05, 4.69) is 0 Å². The Kier molecular flexibility index (Phi) is 4.07. The van der Waals surface area contributed by atoms with Crippen molar-refractivity contribution in [1.29, 1.82) is 0 Å². The second-order valence-corrected chi connectivity index (χ2v) is 4.33. The summed E-state index contributed by atoms with van der Waals surface area (Å²) in [6, 6.07) is 5.70. The van der Waals surface area contributed by atoms with Crippen molar-refractivity contribution in [2.75, 3.05) is 0 Å². The van der Waals surface area contributed by atoms with Gasteiger partial charge in [0.15, 0.2) is 0 Å². The van der Waals surface area contributed by atoms with Crippen LogP contribution in [0.1, 0.15) is 36.1 Å². The van der Waals surface area contributed by atoms with Crippen molar-refractivity contribution in [2.24, 2.45) is 5.92 Å². The molecule has 0 spiro atoms. The van der Waals surface area contributed by atoms with E-state index in [1.807, 2.05) is 32.0 Å². The first kappa shape index (κ1) is 12.7. The Morgan fingerprint density at radius 2 is 1.94 bits per heavy atom. The van der Waals surface area contributed by atoms with Crippen molar-refractivity contribution in [1.82, 2.24) is 0 Å². The number of carbonyl (C=O) groups is 1. The maximum Gasteiger partial charge on any atom is 0.306 e. The quantitative estimate of drug-likeness (QED) is 0.822. The molecule has 1 aromatic carbocycles. The first-order chi connectivity index (χ1) is 7.41. The third-order valence-electron chi connectivity index (χ3n) is 2.91. The molecule has 0 heterocycles. The molecule has 0 aliphatic rings. The first-order valence-electron chi connectivity index (χ1n) is 5.40. The van der Waals surface area contributed by atoms with E-state index < -0.39 is 18.0 Å². The van der Waals surface area contributed by atoms with Crippen LogP contribution >= 0.6 is 0 Å². The van der Waals surface area contributed by atoms with Crippen molar-refractivity contribution < 1.29 is 15.0 Å². The van der Waals surface area contributed by atoms with Crippen molar-refractivity contribution in [3.8, 4) is 0 Å². The number of aliphatic hydroxyl groups is 1. The van der Waals surface area contributed by atoms with E-state index in [1.165, 1.54) is 5.56 Å². The molecule has 16 heavy (non-hydrogen) atoms. The number of carboxylic acids is 1. The van der Waals surface area contributed by atoms with Gasteiger partial charge in [-0.3, -0.25) is 4.79 Å². The van der Waals surface area contributed by atoms with Gasteiger partial charge in [-0.25, -0.2) is 0 Å². The number of rotatable bonds is 4. The summed E-state index contributed by atoms with van der Waals surface area (Å²) in [6.07, 6.45) is -0.455. The van der Waals surface area contributed by atoms with Crippen LogP contribution in [0.4, 0.5) is 0 Å². The molecule has 88 valence electrons. The fourth-order valence-corrected chi connectivity index (χ4v) is 1.54. The average Bonchev–Trinajstić information content (AvgIpc) is 2.21. The Hall–Kier alpha value is -1.35. The third kappa shape index (κ3) is 3.07. The normalized spacial score (nSPS) is 14.5. The molecule has 0 bridgehead atoms.